The van der Waals surface area contributed by atoms with Crippen molar-refractivity contribution < 1.29 is 9.45 Å². The molecule has 0 aliphatic rings. The van der Waals surface area contributed by atoms with Gasteiger partial charge in [0.05, 0.1) is 16.8 Å². The van der Waals surface area contributed by atoms with E-state index in [9.17, 15) is 10.1 Å². The quantitative estimate of drug-likeness (QED) is 0.578. The summed E-state index contributed by atoms with van der Waals surface area (Å²) in [7, 11) is 0. The highest BCUT2D eigenvalue weighted by molar-refractivity contribution is 5.59. The number of nitrogens with zero attached hydrogens (tertiary/aromatic N) is 4. The van der Waals surface area contributed by atoms with E-state index in [2.05, 4.69) is 15.1 Å². The Morgan fingerprint density at radius 1 is 1.14 bits per heavy atom. The van der Waals surface area contributed by atoms with Gasteiger partial charge < -0.3 is 10.3 Å². The normalized spacial score (nSPS) is 10.5. The van der Waals surface area contributed by atoms with Gasteiger partial charge in [0, 0.05) is 17.7 Å². The number of pyridine rings is 1. The van der Waals surface area contributed by atoms with Crippen molar-refractivity contribution in [2.45, 2.75) is 0 Å². The summed E-state index contributed by atoms with van der Waals surface area (Å²) in [5, 5.41) is 14.4. The molecule has 1 aromatic carbocycles. The fraction of sp³-hybridized carbons (Fsp3) is 0. The third-order valence-corrected chi connectivity index (χ3v) is 2.77. The van der Waals surface area contributed by atoms with Gasteiger partial charge in [-0.3, -0.25) is 10.1 Å². The van der Waals surface area contributed by atoms with Crippen LogP contribution in [0.15, 0.2) is 47.1 Å². The van der Waals surface area contributed by atoms with Crippen LogP contribution in [0.1, 0.15) is 0 Å². The molecule has 8 heteroatoms. The lowest BCUT2D eigenvalue weighted by atomic mass is 10.2. The van der Waals surface area contributed by atoms with Gasteiger partial charge in [0.2, 0.25) is 5.82 Å². The first-order valence-electron chi connectivity index (χ1n) is 5.94. The van der Waals surface area contributed by atoms with Crippen molar-refractivity contribution in [3.05, 3.63) is 52.7 Å². The first-order chi connectivity index (χ1) is 10.1. The number of non-ortho nitro benzene ring substituents is 1. The molecule has 0 radical (unpaired) electrons. The van der Waals surface area contributed by atoms with Crippen LogP contribution in [0.4, 0.5) is 11.4 Å². The van der Waals surface area contributed by atoms with E-state index >= 15 is 0 Å². The maximum Gasteiger partial charge on any atom is 0.276 e. The molecule has 3 rings (SSSR count). The van der Waals surface area contributed by atoms with Gasteiger partial charge in [-0.05, 0) is 24.3 Å². The molecule has 0 fully saturated rings. The van der Waals surface area contributed by atoms with Crippen LogP contribution < -0.4 is 5.73 Å². The highest BCUT2D eigenvalue weighted by Gasteiger charge is 2.13. The van der Waals surface area contributed by atoms with Gasteiger partial charge in [-0.15, -0.1) is 0 Å². The molecule has 0 unspecified atom stereocenters. The van der Waals surface area contributed by atoms with Crippen LogP contribution in [-0.2, 0) is 0 Å². The fourth-order valence-corrected chi connectivity index (χ4v) is 1.71. The Kier molecular flexibility index (Phi) is 3.03. The number of hydrogen-bond donors (Lipinski definition) is 1. The average Bonchev–Trinajstić information content (AvgIpc) is 2.98. The summed E-state index contributed by atoms with van der Waals surface area (Å²) >= 11 is 0. The predicted octanol–water partition coefficient (Wildman–Crippen LogP) is 2.29. The summed E-state index contributed by atoms with van der Waals surface area (Å²) < 4.78 is 5.12. The number of aromatic nitrogens is 3. The minimum absolute atomic E-state index is 0.00247. The van der Waals surface area contributed by atoms with E-state index in [1.807, 2.05) is 0 Å². The molecule has 2 aromatic heterocycles. The van der Waals surface area contributed by atoms with E-state index in [0.29, 0.717) is 22.8 Å². The Morgan fingerprint density at radius 2 is 1.90 bits per heavy atom. The molecular weight excluding hydrogens is 274 g/mol. The van der Waals surface area contributed by atoms with Crippen molar-refractivity contribution in [2.24, 2.45) is 0 Å². The van der Waals surface area contributed by atoms with E-state index in [1.165, 1.54) is 18.3 Å². The van der Waals surface area contributed by atoms with Gasteiger partial charge in [0.25, 0.3) is 11.6 Å². The monoisotopic (exact) mass is 283 g/mol. The van der Waals surface area contributed by atoms with Crippen molar-refractivity contribution in [1.82, 2.24) is 15.1 Å². The maximum atomic E-state index is 10.6. The predicted molar refractivity (Wildman–Crippen MR) is 74.0 cm³/mol. The number of nitrogens with two attached hydrogens (primary N) is 1. The topological polar surface area (TPSA) is 121 Å². The highest BCUT2D eigenvalue weighted by Crippen LogP contribution is 2.23. The molecule has 0 saturated heterocycles. The second-order valence-electron chi connectivity index (χ2n) is 4.20. The molecule has 21 heavy (non-hydrogen) atoms. The van der Waals surface area contributed by atoms with E-state index in [4.69, 9.17) is 10.3 Å². The second-order valence-corrected chi connectivity index (χ2v) is 4.20. The van der Waals surface area contributed by atoms with Crippen LogP contribution in [0.25, 0.3) is 23.0 Å². The van der Waals surface area contributed by atoms with Crippen LogP contribution in [0.2, 0.25) is 0 Å². The van der Waals surface area contributed by atoms with Crippen LogP contribution in [0, 0.1) is 10.1 Å². The molecular formula is C13H9N5O3. The molecule has 3 aromatic rings. The fourth-order valence-electron chi connectivity index (χ4n) is 1.71. The van der Waals surface area contributed by atoms with Crippen LogP contribution in [-0.4, -0.2) is 20.0 Å². The SMILES string of the molecule is Nc1ccc(-c2nc(-c3ccc([N+](=O)[O-])cc3)no2)nc1. The van der Waals surface area contributed by atoms with Crippen LogP contribution >= 0.6 is 0 Å². The molecule has 0 amide bonds. The Labute approximate surface area is 118 Å². The lowest BCUT2D eigenvalue weighted by molar-refractivity contribution is -0.384. The Balaban J connectivity index is 1.90. The first-order valence-corrected chi connectivity index (χ1v) is 5.94. The second kappa shape index (κ2) is 5.00. The Morgan fingerprint density at radius 3 is 2.52 bits per heavy atom. The van der Waals surface area contributed by atoms with Crippen molar-refractivity contribution in [3.63, 3.8) is 0 Å². The van der Waals surface area contributed by atoms with Crippen LogP contribution in [0.5, 0.6) is 0 Å². The highest BCUT2D eigenvalue weighted by atomic mass is 16.6. The van der Waals surface area contributed by atoms with Gasteiger partial charge in [-0.25, -0.2) is 4.98 Å². The Hall–Kier alpha value is -3.29. The van der Waals surface area contributed by atoms with E-state index in [-0.39, 0.29) is 11.6 Å². The number of benzene rings is 1. The molecule has 2 heterocycles. The summed E-state index contributed by atoms with van der Waals surface area (Å²) in [5.41, 5.74) is 7.22. The smallest absolute Gasteiger partial charge is 0.276 e. The van der Waals surface area contributed by atoms with E-state index in [1.54, 1.807) is 24.3 Å². The first kappa shape index (κ1) is 12.7. The molecule has 0 atom stereocenters. The minimum Gasteiger partial charge on any atom is -0.397 e. The standard InChI is InChI=1S/C13H9N5O3/c14-9-3-6-11(15-7-9)13-16-12(17-21-13)8-1-4-10(5-2-8)18(19)20/h1-7H,14H2. The zero-order valence-corrected chi connectivity index (χ0v) is 10.6. The molecule has 2 N–H and O–H groups in total. The third kappa shape index (κ3) is 2.54. The summed E-state index contributed by atoms with van der Waals surface area (Å²) in [6.45, 7) is 0. The van der Waals surface area contributed by atoms with Gasteiger partial charge in [0.15, 0.2) is 0 Å². The maximum absolute atomic E-state index is 10.6. The van der Waals surface area contributed by atoms with E-state index in [0.717, 1.165) is 0 Å². The Bertz CT molecular complexity index is 780. The zero-order chi connectivity index (χ0) is 14.8. The van der Waals surface area contributed by atoms with Gasteiger partial charge in [-0.2, -0.15) is 4.98 Å². The summed E-state index contributed by atoms with van der Waals surface area (Å²) in [6.07, 6.45) is 1.49. The van der Waals surface area contributed by atoms with Crippen molar-refractivity contribution in [3.8, 4) is 23.0 Å². The largest absolute Gasteiger partial charge is 0.397 e. The van der Waals surface area contributed by atoms with Crippen molar-refractivity contribution in [2.75, 3.05) is 5.73 Å². The van der Waals surface area contributed by atoms with E-state index < -0.39 is 4.92 Å². The number of hydrogen-bond acceptors (Lipinski definition) is 7. The zero-order valence-electron chi connectivity index (χ0n) is 10.6. The third-order valence-electron chi connectivity index (χ3n) is 2.77. The molecule has 0 aliphatic heterocycles. The number of rotatable bonds is 3. The molecule has 104 valence electrons. The number of nitro groups is 1. The number of nitro benzene ring substituents is 1. The number of anilines is 1. The van der Waals surface area contributed by atoms with Crippen LogP contribution in [0.3, 0.4) is 0 Å². The van der Waals surface area contributed by atoms with Gasteiger partial charge in [0.1, 0.15) is 5.69 Å². The average molecular weight is 283 g/mol. The minimum atomic E-state index is -0.469. The summed E-state index contributed by atoms with van der Waals surface area (Å²) in [6, 6.07) is 9.23. The van der Waals surface area contributed by atoms with Crippen molar-refractivity contribution in [1.29, 1.82) is 0 Å². The molecule has 0 bridgehead atoms. The summed E-state index contributed by atoms with van der Waals surface area (Å²) in [4.78, 5) is 18.4. The lowest BCUT2D eigenvalue weighted by Crippen LogP contribution is -1.89. The van der Waals surface area contributed by atoms with Crippen molar-refractivity contribution >= 4 is 11.4 Å². The summed E-state index contributed by atoms with van der Waals surface area (Å²) in [5.74, 6) is 0.585. The van der Waals surface area contributed by atoms with Gasteiger partial charge in [-0.1, -0.05) is 5.16 Å². The lowest BCUT2D eigenvalue weighted by Gasteiger charge is -1.94. The molecule has 0 spiro atoms. The number of nitrogen functional groups attached to an aromatic ring is 1. The molecule has 0 saturated carbocycles. The molecule has 0 aliphatic carbocycles. The van der Waals surface area contributed by atoms with Gasteiger partial charge >= 0.3 is 0 Å². The molecule has 8 nitrogen and oxygen atoms in total.